The lowest BCUT2D eigenvalue weighted by Gasteiger charge is -2.37. The summed E-state index contributed by atoms with van der Waals surface area (Å²) in [6.45, 7) is 16.4. The van der Waals surface area contributed by atoms with Gasteiger partial charge in [-0.2, -0.15) is 0 Å². The largest absolute Gasteiger partial charge is 0.0925 e. The SMILES string of the molecule is CC=C(C)[Si](C)(C)C(C)(C)C. The highest BCUT2D eigenvalue weighted by Gasteiger charge is 2.35. The van der Waals surface area contributed by atoms with Crippen molar-refractivity contribution in [2.75, 3.05) is 0 Å². The molecule has 0 unspecified atom stereocenters. The van der Waals surface area contributed by atoms with E-state index in [0.29, 0.717) is 5.04 Å². The second kappa shape index (κ2) is 3.14. The van der Waals surface area contributed by atoms with Crippen LogP contribution in [-0.4, -0.2) is 8.07 Å². The molecule has 0 aliphatic heterocycles. The van der Waals surface area contributed by atoms with Crippen LogP contribution in [0.5, 0.6) is 0 Å². The fraction of sp³-hybridized carbons (Fsp3) is 0.800. The van der Waals surface area contributed by atoms with Crippen molar-refractivity contribution in [2.45, 2.75) is 52.8 Å². The number of allylic oxidation sites excluding steroid dienone is 2. The van der Waals surface area contributed by atoms with Crippen LogP contribution in [0.15, 0.2) is 11.3 Å². The fourth-order valence-corrected chi connectivity index (χ4v) is 2.86. The summed E-state index contributed by atoms with van der Waals surface area (Å²) in [5.74, 6) is 0. The average Bonchev–Trinajstić information content (AvgIpc) is 1.83. The maximum Gasteiger partial charge on any atom is 0.0799 e. The Bertz CT molecular complexity index is 158. The molecular formula is C10H22Si. The highest BCUT2D eigenvalue weighted by atomic mass is 28.3. The van der Waals surface area contributed by atoms with E-state index in [1.54, 1.807) is 5.20 Å². The Kier molecular flexibility index (Phi) is 3.12. The van der Waals surface area contributed by atoms with E-state index in [0.717, 1.165) is 0 Å². The van der Waals surface area contributed by atoms with Crippen molar-refractivity contribution in [1.29, 1.82) is 0 Å². The Morgan fingerprint density at radius 3 is 1.64 bits per heavy atom. The molecule has 0 heterocycles. The minimum absolute atomic E-state index is 0.490. The van der Waals surface area contributed by atoms with Crippen LogP contribution in [0.1, 0.15) is 34.6 Å². The predicted octanol–water partition coefficient (Wildman–Crippen LogP) is 4.00. The van der Waals surface area contributed by atoms with Crippen molar-refractivity contribution in [3.63, 3.8) is 0 Å². The van der Waals surface area contributed by atoms with Crippen molar-refractivity contribution in [2.24, 2.45) is 0 Å². The lowest BCUT2D eigenvalue weighted by Crippen LogP contribution is -2.38. The van der Waals surface area contributed by atoms with Crippen molar-refractivity contribution in [3.8, 4) is 0 Å². The molecule has 0 saturated heterocycles. The molecular weight excluding hydrogens is 148 g/mol. The van der Waals surface area contributed by atoms with Gasteiger partial charge in [-0.25, -0.2) is 0 Å². The molecule has 0 fully saturated rings. The van der Waals surface area contributed by atoms with Gasteiger partial charge in [0.2, 0.25) is 0 Å². The zero-order valence-corrected chi connectivity index (χ0v) is 10.1. The summed E-state index contributed by atoms with van der Waals surface area (Å²) < 4.78 is 0. The summed E-state index contributed by atoms with van der Waals surface area (Å²) in [4.78, 5) is 0. The van der Waals surface area contributed by atoms with Crippen LogP contribution in [0.2, 0.25) is 18.1 Å². The molecule has 0 bridgehead atoms. The maximum atomic E-state index is 2.45. The Morgan fingerprint density at radius 1 is 1.18 bits per heavy atom. The third kappa shape index (κ3) is 2.19. The van der Waals surface area contributed by atoms with Crippen LogP contribution < -0.4 is 0 Å². The Hall–Kier alpha value is -0.0431. The molecule has 0 amide bonds. The first-order valence-corrected chi connectivity index (χ1v) is 7.37. The second-order valence-electron chi connectivity index (χ2n) is 4.85. The molecule has 66 valence electrons. The molecule has 0 N–H and O–H groups in total. The minimum Gasteiger partial charge on any atom is -0.0925 e. The summed E-state index contributed by atoms with van der Waals surface area (Å²) in [6.07, 6.45) is 2.28. The van der Waals surface area contributed by atoms with Gasteiger partial charge in [-0.05, 0) is 18.9 Å². The van der Waals surface area contributed by atoms with E-state index in [-0.39, 0.29) is 0 Å². The Labute approximate surface area is 72.7 Å². The zero-order valence-electron chi connectivity index (χ0n) is 9.08. The van der Waals surface area contributed by atoms with Gasteiger partial charge >= 0.3 is 0 Å². The molecule has 0 aromatic rings. The van der Waals surface area contributed by atoms with Crippen LogP contribution in [0.3, 0.4) is 0 Å². The fourth-order valence-electron chi connectivity index (χ4n) is 0.952. The minimum atomic E-state index is -1.15. The van der Waals surface area contributed by atoms with Gasteiger partial charge in [0.15, 0.2) is 0 Å². The highest BCUT2D eigenvalue weighted by molar-refractivity contribution is 6.86. The molecule has 0 atom stereocenters. The van der Waals surface area contributed by atoms with E-state index in [9.17, 15) is 0 Å². The smallest absolute Gasteiger partial charge is 0.0799 e. The second-order valence-corrected chi connectivity index (χ2v) is 10.4. The van der Waals surface area contributed by atoms with E-state index < -0.39 is 8.07 Å². The Balaban J connectivity index is 4.74. The maximum absolute atomic E-state index is 2.45. The normalized spacial score (nSPS) is 15.4. The molecule has 0 rings (SSSR count). The van der Waals surface area contributed by atoms with Gasteiger partial charge in [0.05, 0.1) is 8.07 Å². The van der Waals surface area contributed by atoms with Crippen molar-refractivity contribution in [1.82, 2.24) is 0 Å². The number of hydrogen-bond acceptors (Lipinski definition) is 0. The first-order valence-electron chi connectivity index (χ1n) is 4.37. The molecule has 0 aliphatic carbocycles. The molecule has 0 saturated carbocycles. The molecule has 11 heavy (non-hydrogen) atoms. The molecule has 1 heteroatoms. The molecule has 0 aromatic heterocycles. The van der Waals surface area contributed by atoms with Gasteiger partial charge in [0.25, 0.3) is 0 Å². The molecule has 0 aromatic carbocycles. The summed E-state index contributed by atoms with van der Waals surface area (Å²) in [6, 6.07) is 0. The molecule has 0 aliphatic rings. The first kappa shape index (κ1) is 11.0. The van der Waals surface area contributed by atoms with Gasteiger partial charge in [0.1, 0.15) is 0 Å². The zero-order chi connectivity index (χ0) is 9.28. The molecule has 0 radical (unpaired) electrons. The van der Waals surface area contributed by atoms with Gasteiger partial charge in [0, 0.05) is 0 Å². The summed E-state index contributed by atoms with van der Waals surface area (Å²) in [5, 5.41) is 2.11. The van der Waals surface area contributed by atoms with Crippen molar-refractivity contribution < 1.29 is 0 Å². The van der Waals surface area contributed by atoms with Crippen molar-refractivity contribution in [3.05, 3.63) is 11.3 Å². The van der Waals surface area contributed by atoms with E-state index in [2.05, 4.69) is 53.8 Å². The van der Waals surface area contributed by atoms with E-state index in [4.69, 9.17) is 0 Å². The summed E-state index contributed by atoms with van der Waals surface area (Å²) >= 11 is 0. The van der Waals surface area contributed by atoms with E-state index in [1.807, 2.05) is 0 Å². The molecule has 0 spiro atoms. The first-order chi connectivity index (χ1) is 4.73. The summed E-state index contributed by atoms with van der Waals surface area (Å²) in [7, 11) is -1.15. The van der Waals surface area contributed by atoms with E-state index >= 15 is 0 Å². The van der Waals surface area contributed by atoms with Gasteiger partial charge in [-0.3, -0.25) is 0 Å². The standard InChI is InChI=1S/C10H22Si/c1-8-9(2)11(6,7)10(3,4)5/h8H,1-7H3. The number of rotatable bonds is 1. The van der Waals surface area contributed by atoms with Crippen LogP contribution in [0.4, 0.5) is 0 Å². The lowest BCUT2D eigenvalue weighted by molar-refractivity contribution is 0.724. The average molecular weight is 170 g/mol. The van der Waals surface area contributed by atoms with Gasteiger partial charge in [-0.1, -0.05) is 45.1 Å². The van der Waals surface area contributed by atoms with E-state index in [1.165, 1.54) is 0 Å². The number of hydrogen-bond donors (Lipinski definition) is 0. The third-order valence-electron chi connectivity index (χ3n) is 3.29. The van der Waals surface area contributed by atoms with Gasteiger partial charge < -0.3 is 0 Å². The summed E-state index contributed by atoms with van der Waals surface area (Å²) in [5.41, 5.74) is 0. The lowest BCUT2D eigenvalue weighted by atomic mass is 10.2. The van der Waals surface area contributed by atoms with Crippen LogP contribution >= 0.6 is 0 Å². The topological polar surface area (TPSA) is 0 Å². The highest BCUT2D eigenvalue weighted by Crippen LogP contribution is 2.40. The van der Waals surface area contributed by atoms with Gasteiger partial charge in [-0.15, -0.1) is 0 Å². The Morgan fingerprint density at radius 2 is 1.55 bits per heavy atom. The van der Waals surface area contributed by atoms with Crippen molar-refractivity contribution >= 4 is 8.07 Å². The molecule has 0 nitrogen and oxygen atoms in total. The van der Waals surface area contributed by atoms with Crippen LogP contribution in [-0.2, 0) is 0 Å². The van der Waals surface area contributed by atoms with Crippen LogP contribution in [0, 0.1) is 0 Å². The quantitative estimate of drug-likeness (QED) is 0.522. The predicted molar refractivity (Wildman–Crippen MR) is 56.6 cm³/mol. The monoisotopic (exact) mass is 170 g/mol. The third-order valence-corrected chi connectivity index (χ3v) is 9.30. The van der Waals surface area contributed by atoms with Crippen LogP contribution in [0.25, 0.3) is 0 Å².